The molecule has 5 aliphatic rings. The number of piperazine rings is 1. The van der Waals surface area contributed by atoms with Gasteiger partial charge in [-0.05, 0) is 75.7 Å². The molecule has 0 bridgehead atoms. The molecule has 10 nitrogen and oxygen atoms in total. The maximum atomic E-state index is 15.1. The van der Waals surface area contributed by atoms with Crippen molar-refractivity contribution in [3.05, 3.63) is 47.5 Å². The molecule has 4 heterocycles. The zero-order valence-corrected chi connectivity index (χ0v) is 30.2. The monoisotopic (exact) mass is 674 g/mol. The molecule has 1 saturated carbocycles. The van der Waals surface area contributed by atoms with Crippen molar-refractivity contribution in [2.75, 3.05) is 39.8 Å². The lowest BCUT2D eigenvalue weighted by atomic mass is 9.62. The maximum Gasteiger partial charge on any atom is 0.246 e. The number of carbonyl (C=O) groups excluding carboxylic acids is 2. The van der Waals surface area contributed by atoms with Crippen molar-refractivity contribution in [2.24, 2.45) is 11.8 Å². The number of ketones is 1. The van der Waals surface area contributed by atoms with Gasteiger partial charge in [-0.3, -0.25) is 25.1 Å². The van der Waals surface area contributed by atoms with Crippen molar-refractivity contribution in [1.82, 2.24) is 25.3 Å². The number of benzene rings is 1. The number of fused-ring (bicyclic) bond motifs is 2. The van der Waals surface area contributed by atoms with Gasteiger partial charge in [0, 0.05) is 38.0 Å². The Morgan fingerprint density at radius 1 is 1.22 bits per heavy atom. The maximum absolute atomic E-state index is 15.1. The number of nitrogens with one attached hydrogen (secondary N) is 2. The highest BCUT2D eigenvalue weighted by Crippen LogP contribution is 2.48. The molecule has 8 atom stereocenters. The highest BCUT2D eigenvalue weighted by molar-refractivity contribution is 5.94. The van der Waals surface area contributed by atoms with Crippen LogP contribution in [0.25, 0.3) is 0 Å². The molecule has 3 saturated heterocycles. The predicted molar refractivity (Wildman–Crippen MR) is 189 cm³/mol. The molecule has 4 aliphatic heterocycles. The number of likely N-dealkylation sites (tertiary alicyclic amines) is 1. The Labute approximate surface area is 293 Å². The quantitative estimate of drug-likeness (QED) is 0.263. The van der Waals surface area contributed by atoms with Crippen molar-refractivity contribution in [2.45, 2.75) is 127 Å². The van der Waals surface area contributed by atoms with E-state index in [0.717, 1.165) is 51.5 Å². The number of aryl methyl sites for hydroxylation is 1. The minimum atomic E-state index is -0.875. The Morgan fingerprint density at radius 3 is 2.80 bits per heavy atom. The van der Waals surface area contributed by atoms with Gasteiger partial charge in [0.2, 0.25) is 5.91 Å². The lowest BCUT2D eigenvalue weighted by Crippen LogP contribution is -2.83. The van der Waals surface area contributed by atoms with E-state index in [4.69, 9.17) is 9.47 Å². The normalized spacial score (nSPS) is 34.3. The number of amides is 1. The average molecular weight is 675 g/mol. The number of likely N-dealkylation sites (N-methyl/N-ethyl adjacent to an activating group) is 1. The summed E-state index contributed by atoms with van der Waals surface area (Å²) in [5.41, 5.74) is 2.12. The van der Waals surface area contributed by atoms with E-state index < -0.39 is 23.7 Å². The number of nitriles is 1. The highest BCUT2D eigenvalue weighted by Gasteiger charge is 2.63. The first-order chi connectivity index (χ1) is 23.7. The largest absolute Gasteiger partial charge is 0.362 e. The first-order valence-corrected chi connectivity index (χ1v) is 18.8. The molecule has 1 aromatic carbocycles. The van der Waals surface area contributed by atoms with E-state index in [1.807, 2.05) is 0 Å². The number of nitrogens with zero attached hydrogens (tertiary/aromatic N) is 4. The Balaban J connectivity index is 1.37. The van der Waals surface area contributed by atoms with Crippen molar-refractivity contribution in [3.8, 4) is 6.07 Å². The first kappa shape index (κ1) is 36.2. The van der Waals surface area contributed by atoms with Crippen LogP contribution in [-0.4, -0.2) is 102 Å². The Hall–Kier alpha value is -2.65. The zero-order valence-electron chi connectivity index (χ0n) is 30.2. The second-order valence-corrected chi connectivity index (χ2v) is 15.4. The molecule has 6 rings (SSSR count). The number of ether oxygens (including phenoxy) is 2. The second-order valence-electron chi connectivity index (χ2n) is 15.4. The lowest BCUT2D eigenvalue weighted by molar-refractivity contribution is -0.199. The fourth-order valence-electron chi connectivity index (χ4n) is 9.72. The SMILES string of the molecule is C=CC(=O)N1CCN(C2(C(C)CCCCC)NC(OCC3CCCN3C)NC3C(=O)[C@]4(CCC32)Cc2ccc(C)cc2CO4)CC1CC#N. The number of Topliss-reactive ketones (excluding diaryl/α,β-unsaturated/α-hetero) is 1. The van der Waals surface area contributed by atoms with Crippen LogP contribution in [-0.2, 0) is 32.1 Å². The lowest BCUT2D eigenvalue weighted by Gasteiger charge is -2.63. The number of carbonyl (C=O) groups is 2. The van der Waals surface area contributed by atoms with Gasteiger partial charge in [0.05, 0.1) is 43.5 Å². The Kier molecular flexibility index (Phi) is 11.3. The van der Waals surface area contributed by atoms with Crippen LogP contribution in [0.2, 0.25) is 0 Å². The molecule has 2 N–H and O–H groups in total. The van der Waals surface area contributed by atoms with Crippen molar-refractivity contribution in [1.29, 1.82) is 5.26 Å². The van der Waals surface area contributed by atoms with E-state index in [2.05, 4.69) is 79.1 Å². The number of unbranched alkanes of at least 4 members (excludes halogenated alkanes) is 2. The van der Waals surface area contributed by atoms with Crippen molar-refractivity contribution < 1.29 is 19.1 Å². The number of rotatable bonds is 11. The van der Waals surface area contributed by atoms with E-state index in [1.54, 1.807) is 4.90 Å². The fourth-order valence-corrected chi connectivity index (χ4v) is 9.72. The number of hydrogen-bond acceptors (Lipinski definition) is 9. The molecule has 7 unspecified atom stereocenters. The Morgan fingerprint density at radius 2 is 2.06 bits per heavy atom. The van der Waals surface area contributed by atoms with Crippen LogP contribution in [0, 0.1) is 30.1 Å². The third-order valence-corrected chi connectivity index (χ3v) is 12.5. The van der Waals surface area contributed by atoms with Crippen LogP contribution in [0.5, 0.6) is 0 Å². The molecule has 1 aromatic rings. The number of hydrogen-bond donors (Lipinski definition) is 2. The third-order valence-electron chi connectivity index (χ3n) is 12.5. The van der Waals surface area contributed by atoms with Gasteiger partial charge in [0.1, 0.15) is 5.60 Å². The molecular formula is C39H58N6O4. The molecule has 4 fully saturated rings. The summed E-state index contributed by atoms with van der Waals surface area (Å²) in [6.07, 6.45) is 9.74. The summed E-state index contributed by atoms with van der Waals surface area (Å²) >= 11 is 0. The standard InChI is InChI=1S/C39H58N6O4/c1-6-8-9-11-28(4)39(44-20-21-45(34(46)7-2)31(24-44)16-18-40)33-15-17-38(23-29-14-13-27(3)22-30(29)25-49-38)36(47)35(33)41-37(42-39)48-26-32-12-10-19-43(32)5/h7,13-14,22,28,31-33,35,37,41-42H,2,6,8-12,15-17,19-21,23-26H2,1,3-5H3/t28?,31?,32?,33?,35?,37?,38-,39?/m0/s1. The predicted octanol–water partition coefficient (Wildman–Crippen LogP) is 4.27. The molecule has 0 radical (unpaired) electrons. The van der Waals surface area contributed by atoms with Crippen molar-refractivity contribution in [3.63, 3.8) is 0 Å². The third kappa shape index (κ3) is 7.00. The van der Waals surface area contributed by atoms with E-state index in [1.165, 1.54) is 22.8 Å². The van der Waals surface area contributed by atoms with Gasteiger partial charge < -0.3 is 19.3 Å². The molecular weight excluding hydrogens is 616 g/mol. The minimum absolute atomic E-state index is 0.0522. The zero-order chi connectivity index (χ0) is 34.8. The van der Waals surface area contributed by atoms with Gasteiger partial charge in [-0.25, -0.2) is 0 Å². The van der Waals surface area contributed by atoms with Crippen molar-refractivity contribution >= 4 is 11.7 Å². The summed E-state index contributed by atoms with van der Waals surface area (Å²) in [6, 6.07) is 8.44. The fraction of sp³-hybridized carbons (Fsp3) is 0.718. The van der Waals surface area contributed by atoms with E-state index in [0.29, 0.717) is 51.7 Å². The average Bonchev–Trinajstić information content (AvgIpc) is 3.52. The van der Waals surface area contributed by atoms with Gasteiger partial charge in [0.15, 0.2) is 12.1 Å². The smallest absolute Gasteiger partial charge is 0.246 e. The molecule has 1 aliphatic carbocycles. The summed E-state index contributed by atoms with van der Waals surface area (Å²) < 4.78 is 13.4. The molecule has 0 aromatic heterocycles. The summed E-state index contributed by atoms with van der Waals surface area (Å²) in [5.74, 6) is 0.115. The van der Waals surface area contributed by atoms with Crippen LogP contribution in [0.4, 0.5) is 0 Å². The summed E-state index contributed by atoms with van der Waals surface area (Å²) in [4.78, 5) is 34.7. The van der Waals surface area contributed by atoms with Gasteiger partial charge in [-0.2, -0.15) is 5.26 Å². The van der Waals surface area contributed by atoms with Crippen LogP contribution in [0.15, 0.2) is 30.9 Å². The van der Waals surface area contributed by atoms with Crippen LogP contribution in [0.3, 0.4) is 0 Å². The van der Waals surface area contributed by atoms with E-state index in [-0.39, 0.29) is 36.0 Å². The molecule has 49 heavy (non-hydrogen) atoms. The van der Waals surface area contributed by atoms with Gasteiger partial charge in [-0.1, -0.05) is 63.5 Å². The first-order valence-electron chi connectivity index (χ1n) is 18.8. The van der Waals surface area contributed by atoms with Gasteiger partial charge in [0.25, 0.3) is 0 Å². The molecule has 268 valence electrons. The topological polar surface area (TPSA) is 110 Å². The summed E-state index contributed by atoms with van der Waals surface area (Å²) in [7, 11) is 2.16. The van der Waals surface area contributed by atoms with E-state index >= 15 is 4.79 Å². The summed E-state index contributed by atoms with van der Waals surface area (Å²) in [6.45, 7) is 14.2. The molecule has 10 heteroatoms. The summed E-state index contributed by atoms with van der Waals surface area (Å²) in [5, 5.41) is 17.6. The van der Waals surface area contributed by atoms with Crippen LogP contribution in [0.1, 0.15) is 88.3 Å². The second kappa shape index (κ2) is 15.3. The van der Waals surface area contributed by atoms with Gasteiger partial charge in [-0.15, -0.1) is 0 Å². The molecule has 1 spiro atoms. The Bertz CT molecular complexity index is 1410. The minimum Gasteiger partial charge on any atom is -0.362 e. The molecule has 1 amide bonds. The highest BCUT2D eigenvalue weighted by atomic mass is 16.5. The van der Waals surface area contributed by atoms with Crippen LogP contribution >= 0.6 is 0 Å². The van der Waals surface area contributed by atoms with E-state index in [9.17, 15) is 10.1 Å². The van der Waals surface area contributed by atoms with Gasteiger partial charge >= 0.3 is 0 Å². The van der Waals surface area contributed by atoms with Crippen LogP contribution < -0.4 is 10.6 Å².